The Bertz CT molecular complexity index is 477. The smallest absolute Gasteiger partial charge is 0.191 e. The summed E-state index contributed by atoms with van der Waals surface area (Å²) in [5.74, 6) is 0.882. The molecule has 0 aliphatic heterocycles. The minimum absolute atomic E-state index is 0.204. The van der Waals surface area contributed by atoms with Crippen LogP contribution >= 0.6 is 11.3 Å². The highest BCUT2D eigenvalue weighted by atomic mass is 32.1. The van der Waals surface area contributed by atoms with Crippen LogP contribution in [-0.2, 0) is 6.42 Å². The van der Waals surface area contributed by atoms with Crippen LogP contribution in [0.5, 0.6) is 0 Å². The van der Waals surface area contributed by atoms with Crippen molar-refractivity contribution in [2.45, 2.75) is 40.2 Å². The van der Waals surface area contributed by atoms with E-state index in [2.05, 4.69) is 74.4 Å². The van der Waals surface area contributed by atoms with Gasteiger partial charge in [0.1, 0.15) is 0 Å². The second kappa shape index (κ2) is 8.53. The zero-order chi connectivity index (χ0) is 16.8. The molecule has 0 spiro atoms. The predicted molar refractivity (Wildman–Crippen MR) is 99.1 cm³/mol. The highest BCUT2D eigenvalue weighted by Gasteiger charge is 2.19. The van der Waals surface area contributed by atoms with Gasteiger partial charge < -0.3 is 15.5 Å². The van der Waals surface area contributed by atoms with Crippen molar-refractivity contribution in [3.05, 3.63) is 21.9 Å². The molecule has 1 heterocycles. The summed E-state index contributed by atoms with van der Waals surface area (Å²) < 4.78 is 0. The van der Waals surface area contributed by atoms with Crippen molar-refractivity contribution in [3.8, 4) is 0 Å². The lowest BCUT2D eigenvalue weighted by molar-refractivity contribution is 0.241. The zero-order valence-electron chi connectivity index (χ0n) is 15.2. The summed E-state index contributed by atoms with van der Waals surface area (Å²) in [6.45, 7) is 10.8. The largest absolute Gasteiger partial charge is 0.356 e. The Morgan fingerprint density at radius 2 is 2.05 bits per heavy atom. The molecule has 0 saturated heterocycles. The summed E-state index contributed by atoms with van der Waals surface area (Å²) >= 11 is 1.87. The van der Waals surface area contributed by atoms with Crippen LogP contribution in [0.3, 0.4) is 0 Å². The Morgan fingerprint density at radius 1 is 1.36 bits per heavy atom. The molecule has 0 radical (unpaired) electrons. The highest BCUT2D eigenvalue weighted by Crippen LogP contribution is 2.17. The highest BCUT2D eigenvalue weighted by molar-refractivity contribution is 7.11. The third kappa shape index (κ3) is 7.27. The fourth-order valence-electron chi connectivity index (χ4n) is 2.61. The van der Waals surface area contributed by atoms with Gasteiger partial charge in [0.15, 0.2) is 5.96 Å². The number of guanidine groups is 1. The molecule has 0 aromatic carbocycles. The Labute approximate surface area is 140 Å². The molecule has 4 nitrogen and oxygen atoms in total. The van der Waals surface area contributed by atoms with Crippen LogP contribution < -0.4 is 10.6 Å². The maximum atomic E-state index is 4.34. The summed E-state index contributed by atoms with van der Waals surface area (Å²) in [6, 6.07) is 4.76. The van der Waals surface area contributed by atoms with Crippen LogP contribution in [0.2, 0.25) is 0 Å². The van der Waals surface area contributed by atoms with Crippen molar-refractivity contribution >= 4 is 17.3 Å². The maximum absolute atomic E-state index is 4.34. The first-order chi connectivity index (χ1) is 10.2. The quantitative estimate of drug-likeness (QED) is 0.598. The van der Waals surface area contributed by atoms with Crippen LogP contribution in [0.4, 0.5) is 0 Å². The number of thiophene rings is 1. The molecule has 1 unspecified atom stereocenters. The molecule has 1 aromatic heterocycles. The first kappa shape index (κ1) is 19.0. The number of hydrogen-bond acceptors (Lipinski definition) is 3. The summed E-state index contributed by atoms with van der Waals surface area (Å²) in [5, 5.41) is 6.93. The van der Waals surface area contributed by atoms with Crippen molar-refractivity contribution in [2.75, 3.05) is 34.2 Å². The summed E-state index contributed by atoms with van der Waals surface area (Å²) in [4.78, 5) is 9.35. The van der Waals surface area contributed by atoms with Gasteiger partial charge in [-0.1, -0.05) is 13.8 Å². The molecule has 0 saturated carbocycles. The van der Waals surface area contributed by atoms with E-state index in [0.29, 0.717) is 6.04 Å². The molecule has 2 N–H and O–H groups in total. The lowest BCUT2D eigenvalue weighted by Crippen LogP contribution is -2.47. The van der Waals surface area contributed by atoms with E-state index < -0.39 is 0 Å². The van der Waals surface area contributed by atoms with E-state index in [9.17, 15) is 0 Å². The second-order valence-electron chi connectivity index (χ2n) is 7.09. The number of aryl methyl sites for hydroxylation is 1. The van der Waals surface area contributed by atoms with Crippen molar-refractivity contribution in [1.29, 1.82) is 0 Å². The Hall–Kier alpha value is -1.07. The normalized spacial score (nSPS) is 14.3. The summed E-state index contributed by atoms with van der Waals surface area (Å²) in [6.07, 6.45) is 1.03. The fraction of sp³-hybridized carbons (Fsp3) is 0.706. The van der Waals surface area contributed by atoms with Gasteiger partial charge in [0, 0.05) is 42.4 Å². The molecular weight excluding hydrogens is 292 g/mol. The molecule has 0 aliphatic carbocycles. The van der Waals surface area contributed by atoms with Crippen molar-refractivity contribution in [1.82, 2.24) is 15.5 Å². The summed E-state index contributed by atoms with van der Waals surface area (Å²) in [7, 11) is 6.05. The van der Waals surface area contributed by atoms with E-state index in [0.717, 1.165) is 25.5 Å². The van der Waals surface area contributed by atoms with Crippen LogP contribution in [0, 0.1) is 12.3 Å². The van der Waals surface area contributed by atoms with Crippen LogP contribution in [-0.4, -0.2) is 51.1 Å². The lowest BCUT2D eigenvalue weighted by atomic mass is 9.93. The van der Waals surface area contributed by atoms with Crippen molar-refractivity contribution in [2.24, 2.45) is 10.4 Å². The van der Waals surface area contributed by atoms with E-state index in [-0.39, 0.29) is 5.41 Å². The standard InChI is InChI=1S/C17H32N4S/c1-13(10-15-9-8-14(2)22-15)20-16(18-5)19-11-17(3,4)12-21(6)7/h8-9,13H,10-12H2,1-7H3,(H2,18,19,20). The Kier molecular flexibility index (Phi) is 7.36. The number of hydrogen-bond donors (Lipinski definition) is 2. The van der Waals surface area contributed by atoms with E-state index in [1.807, 2.05) is 18.4 Å². The van der Waals surface area contributed by atoms with Crippen molar-refractivity contribution in [3.63, 3.8) is 0 Å². The van der Waals surface area contributed by atoms with Crippen LogP contribution in [0.1, 0.15) is 30.5 Å². The molecule has 5 heteroatoms. The molecule has 126 valence electrons. The number of nitrogens with one attached hydrogen (secondary N) is 2. The zero-order valence-corrected chi connectivity index (χ0v) is 16.0. The first-order valence-corrected chi connectivity index (χ1v) is 8.71. The van der Waals surface area contributed by atoms with Crippen molar-refractivity contribution < 1.29 is 0 Å². The number of aliphatic imine (C=N–C) groups is 1. The minimum atomic E-state index is 0.204. The molecule has 0 aliphatic rings. The maximum Gasteiger partial charge on any atom is 0.191 e. The Balaban J connectivity index is 2.44. The molecular formula is C17H32N4S. The Morgan fingerprint density at radius 3 is 2.55 bits per heavy atom. The fourth-order valence-corrected chi connectivity index (χ4v) is 3.63. The topological polar surface area (TPSA) is 39.7 Å². The second-order valence-corrected chi connectivity index (χ2v) is 8.46. The van der Waals surface area contributed by atoms with E-state index >= 15 is 0 Å². The minimum Gasteiger partial charge on any atom is -0.356 e. The van der Waals surface area contributed by atoms with Crippen LogP contribution in [0.25, 0.3) is 0 Å². The predicted octanol–water partition coefficient (Wildman–Crippen LogP) is 2.74. The number of nitrogens with zero attached hydrogens (tertiary/aromatic N) is 2. The molecule has 1 atom stereocenters. The third-order valence-corrected chi connectivity index (χ3v) is 4.41. The van der Waals surface area contributed by atoms with Crippen LogP contribution in [0.15, 0.2) is 17.1 Å². The van der Waals surface area contributed by atoms with Gasteiger partial charge in [-0.15, -0.1) is 11.3 Å². The van der Waals surface area contributed by atoms with Gasteiger partial charge >= 0.3 is 0 Å². The SMILES string of the molecule is CN=C(NCC(C)(C)CN(C)C)NC(C)Cc1ccc(C)s1. The monoisotopic (exact) mass is 324 g/mol. The molecule has 0 fully saturated rings. The lowest BCUT2D eigenvalue weighted by Gasteiger charge is -2.29. The van der Waals surface area contributed by atoms with Gasteiger partial charge in [-0.25, -0.2) is 0 Å². The van der Waals surface area contributed by atoms with Gasteiger partial charge in [-0.2, -0.15) is 0 Å². The van der Waals surface area contributed by atoms with E-state index in [1.54, 1.807) is 0 Å². The van der Waals surface area contributed by atoms with E-state index in [4.69, 9.17) is 0 Å². The molecule has 1 rings (SSSR count). The average molecular weight is 325 g/mol. The van der Waals surface area contributed by atoms with Gasteiger partial charge in [0.25, 0.3) is 0 Å². The average Bonchev–Trinajstić information content (AvgIpc) is 2.78. The molecule has 22 heavy (non-hydrogen) atoms. The van der Waals surface area contributed by atoms with E-state index in [1.165, 1.54) is 9.75 Å². The van der Waals surface area contributed by atoms with Gasteiger partial charge in [0.05, 0.1) is 0 Å². The first-order valence-electron chi connectivity index (χ1n) is 7.89. The number of rotatable bonds is 7. The van der Waals surface area contributed by atoms with Gasteiger partial charge in [-0.05, 0) is 45.5 Å². The third-order valence-electron chi connectivity index (χ3n) is 3.39. The van der Waals surface area contributed by atoms with Gasteiger partial charge in [-0.3, -0.25) is 4.99 Å². The van der Waals surface area contributed by atoms with Gasteiger partial charge in [0.2, 0.25) is 0 Å². The molecule has 1 aromatic rings. The molecule has 0 bridgehead atoms. The summed E-state index contributed by atoms with van der Waals surface area (Å²) in [5.41, 5.74) is 0.204. The molecule has 0 amide bonds.